The van der Waals surface area contributed by atoms with Crippen LogP contribution in [0.5, 0.6) is 0 Å². The lowest BCUT2D eigenvalue weighted by molar-refractivity contribution is -0.0719. The third-order valence-electron chi connectivity index (χ3n) is 13.2. The Morgan fingerprint density at radius 3 is 1.61 bits per heavy atom. The van der Waals surface area contributed by atoms with Gasteiger partial charge in [0, 0.05) is 53.2 Å². The fraction of sp³-hybridized carbons (Fsp3) is 0.204. The van der Waals surface area contributed by atoms with Crippen LogP contribution in [0.3, 0.4) is 0 Å². The first-order valence-corrected chi connectivity index (χ1v) is 20.4. The number of hydrogen-bond donors (Lipinski definition) is 0. The molecule has 0 amide bonds. The highest BCUT2D eigenvalue weighted by atomic mass is 32.1. The molecule has 0 saturated heterocycles. The molecular weight excluding hydrogens is 677 g/mol. The van der Waals surface area contributed by atoms with Gasteiger partial charge < -0.3 is 4.57 Å². The van der Waals surface area contributed by atoms with Gasteiger partial charge in [0.25, 0.3) is 0 Å². The molecular formula is C49H38N4S. The second kappa shape index (κ2) is 11.7. The van der Waals surface area contributed by atoms with E-state index in [4.69, 9.17) is 15.0 Å². The van der Waals surface area contributed by atoms with Crippen molar-refractivity contribution in [3.05, 3.63) is 151 Å². The molecule has 4 saturated carbocycles. The van der Waals surface area contributed by atoms with Gasteiger partial charge in [-0.1, -0.05) is 121 Å². The Morgan fingerprint density at radius 1 is 0.444 bits per heavy atom. The molecule has 54 heavy (non-hydrogen) atoms. The number of rotatable bonds is 5. The Kier molecular flexibility index (Phi) is 6.65. The van der Waals surface area contributed by atoms with E-state index in [9.17, 15) is 0 Å². The molecule has 4 aliphatic rings. The van der Waals surface area contributed by atoms with Crippen molar-refractivity contribution in [3.8, 4) is 34.2 Å². The zero-order valence-electron chi connectivity index (χ0n) is 29.9. The molecule has 3 aromatic heterocycles. The molecule has 4 fully saturated rings. The van der Waals surface area contributed by atoms with E-state index in [1.54, 1.807) is 0 Å². The van der Waals surface area contributed by atoms with E-state index >= 15 is 0 Å². The molecule has 4 nitrogen and oxygen atoms in total. The largest absolute Gasteiger partial charge is 0.329 e. The Labute approximate surface area is 318 Å². The summed E-state index contributed by atoms with van der Waals surface area (Å²) in [5.41, 5.74) is 7.02. The Morgan fingerprint density at radius 2 is 0.981 bits per heavy atom. The molecule has 4 bridgehead atoms. The lowest BCUT2D eigenvalue weighted by Crippen LogP contribution is -2.59. The first kappa shape index (κ1) is 30.8. The van der Waals surface area contributed by atoms with Gasteiger partial charge in [-0.05, 0) is 85.6 Å². The van der Waals surface area contributed by atoms with Gasteiger partial charge in [0.15, 0.2) is 17.5 Å². The van der Waals surface area contributed by atoms with Gasteiger partial charge in [0.2, 0.25) is 0 Å². The minimum Gasteiger partial charge on any atom is -0.329 e. The van der Waals surface area contributed by atoms with Gasteiger partial charge in [0.05, 0.1) is 11.1 Å². The standard InChI is InChI=1S/C49H38N4S/c1-3-11-32(12-4-1)46-50-47(33-13-5-2-6-14-33)52-48(51-46)34-19-21-35(22-20-34)49(36-26-30-25-31(28-36)29-37(49)27-30)53-40-17-9-7-15-38(40)44-41(53)23-24-43-45(44)39-16-8-10-18-42(39)54-43/h1-24,30-31,36-37H,25-29H2. The van der Waals surface area contributed by atoms with E-state index in [-0.39, 0.29) is 5.54 Å². The molecule has 9 aromatic rings. The SMILES string of the molecule is c1ccc(-c2nc(-c3ccccc3)nc(-c3ccc(C4(n5c6ccccc6c6c7c(ccc65)sc5ccccc57)C5CC6CC(C5)CC4C6)cc3)n2)cc1. The first-order valence-electron chi connectivity index (χ1n) is 19.5. The average Bonchev–Trinajstić information content (AvgIpc) is 3.77. The molecule has 13 rings (SSSR count). The second-order valence-electron chi connectivity index (χ2n) is 16.0. The van der Waals surface area contributed by atoms with Crippen molar-refractivity contribution in [2.75, 3.05) is 0 Å². The fourth-order valence-corrected chi connectivity index (χ4v) is 12.5. The van der Waals surface area contributed by atoms with Crippen LogP contribution < -0.4 is 0 Å². The molecule has 4 aliphatic carbocycles. The van der Waals surface area contributed by atoms with Crippen LogP contribution in [0.15, 0.2) is 146 Å². The number of para-hydroxylation sites is 1. The van der Waals surface area contributed by atoms with Crippen LogP contribution in [0.4, 0.5) is 0 Å². The summed E-state index contributed by atoms with van der Waals surface area (Å²) in [6.07, 6.45) is 6.65. The topological polar surface area (TPSA) is 43.6 Å². The molecule has 0 atom stereocenters. The van der Waals surface area contributed by atoms with Crippen LogP contribution in [0.2, 0.25) is 0 Å². The smallest absolute Gasteiger partial charge is 0.164 e. The molecule has 6 aromatic carbocycles. The molecule has 260 valence electrons. The van der Waals surface area contributed by atoms with E-state index in [1.165, 1.54) is 79.6 Å². The van der Waals surface area contributed by atoms with E-state index in [1.807, 2.05) is 47.7 Å². The summed E-state index contributed by atoms with van der Waals surface area (Å²) in [6.45, 7) is 0. The number of thiophene rings is 1. The summed E-state index contributed by atoms with van der Waals surface area (Å²) in [4.78, 5) is 15.1. The van der Waals surface area contributed by atoms with Crippen LogP contribution in [-0.2, 0) is 5.54 Å². The Hall–Kier alpha value is -5.65. The highest BCUT2D eigenvalue weighted by molar-refractivity contribution is 7.26. The van der Waals surface area contributed by atoms with Crippen molar-refractivity contribution in [2.45, 2.75) is 37.6 Å². The maximum Gasteiger partial charge on any atom is 0.164 e. The van der Waals surface area contributed by atoms with E-state index in [2.05, 4.69) is 114 Å². The number of fused-ring (bicyclic) bond motifs is 7. The molecule has 5 heteroatoms. The van der Waals surface area contributed by atoms with Crippen molar-refractivity contribution in [1.82, 2.24) is 19.5 Å². The number of nitrogens with zero attached hydrogens (tertiary/aromatic N) is 4. The van der Waals surface area contributed by atoms with Crippen LogP contribution >= 0.6 is 11.3 Å². The summed E-state index contributed by atoms with van der Waals surface area (Å²) < 4.78 is 5.59. The predicted molar refractivity (Wildman–Crippen MR) is 223 cm³/mol. The van der Waals surface area contributed by atoms with E-state index < -0.39 is 0 Å². The third kappa shape index (κ3) is 4.39. The fourth-order valence-electron chi connectivity index (χ4n) is 11.4. The Bertz CT molecular complexity index is 2800. The van der Waals surface area contributed by atoms with Crippen LogP contribution in [0.1, 0.15) is 37.7 Å². The quantitative estimate of drug-likeness (QED) is 0.178. The van der Waals surface area contributed by atoms with Crippen molar-refractivity contribution in [3.63, 3.8) is 0 Å². The molecule has 0 N–H and O–H groups in total. The summed E-state index contributed by atoms with van der Waals surface area (Å²) in [7, 11) is 0. The highest BCUT2D eigenvalue weighted by Crippen LogP contribution is 2.65. The molecule has 0 radical (unpaired) electrons. The number of aromatic nitrogens is 4. The number of hydrogen-bond acceptors (Lipinski definition) is 4. The first-order chi connectivity index (χ1) is 26.7. The predicted octanol–water partition coefficient (Wildman–Crippen LogP) is 12.5. The lowest BCUT2D eigenvalue weighted by atomic mass is 9.47. The average molecular weight is 715 g/mol. The van der Waals surface area contributed by atoms with Crippen molar-refractivity contribution >= 4 is 53.3 Å². The normalized spacial score (nSPS) is 23.3. The van der Waals surface area contributed by atoms with E-state index in [0.29, 0.717) is 29.3 Å². The minimum atomic E-state index is -0.143. The van der Waals surface area contributed by atoms with Crippen LogP contribution in [0, 0.1) is 23.7 Å². The highest BCUT2D eigenvalue weighted by Gasteiger charge is 2.59. The summed E-state index contributed by atoms with van der Waals surface area (Å²) in [5, 5.41) is 5.57. The Balaban J connectivity index is 1.09. The summed E-state index contributed by atoms with van der Waals surface area (Å²) in [5.74, 6) is 4.95. The second-order valence-corrected chi connectivity index (χ2v) is 17.1. The van der Waals surface area contributed by atoms with Gasteiger partial charge in [-0.3, -0.25) is 0 Å². The molecule has 0 unspecified atom stereocenters. The van der Waals surface area contributed by atoms with Gasteiger partial charge in [-0.25, -0.2) is 15.0 Å². The maximum absolute atomic E-state index is 5.09. The minimum absolute atomic E-state index is 0.143. The molecule has 3 heterocycles. The number of benzene rings is 6. The zero-order chi connectivity index (χ0) is 35.4. The third-order valence-corrected chi connectivity index (χ3v) is 14.4. The summed E-state index contributed by atoms with van der Waals surface area (Å²) >= 11 is 1.92. The van der Waals surface area contributed by atoms with E-state index in [0.717, 1.165) is 28.5 Å². The van der Waals surface area contributed by atoms with Crippen molar-refractivity contribution in [2.24, 2.45) is 23.7 Å². The van der Waals surface area contributed by atoms with Gasteiger partial charge in [-0.2, -0.15) is 0 Å². The van der Waals surface area contributed by atoms with Gasteiger partial charge >= 0.3 is 0 Å². The monoisotopic (exact) mass is 714 g/mol. The molecule has 0 aliphatic heterocycles. The van der Waals surface area contributed by atoms with Gasteiger partial charge in [-0.15, -0.1) is 11.3 Å². The zero-order valence-corrected chi connectivity index (χ0v) is 30.7. The van der Waals surface area contributed by atoms with Gasteiger partial charge in [0.1, 0.15) is 0 Å². The maximum atomic E-state index is 5.09. The van der Waals surface area contributed by atoms with Crippen LogP contribution in [0.25, 0.3) is 76.1 Å². The van der Waals surface area contributed by atoms with Crippen molar-refractivity contribution < 1.29 is 0 Å². The lowest BCUT2D eigenvalue weighted by Gasteiger charge is -2.62. The molecule has 0 spiro atoms. The van der Waals surface area contributed by atoms with Crippen LogP contribution in [-0.4, -0.2) is 19.5 Å². The summed E-state index contributed by atoms with van der Waals surface area (Å²) in [6, 6.07) is 53.1. The van der Waals surface area contributed by atoms with Crippen molar-refractivity contribution in [1.29, 1.82) is 0 Å².